The van der Waals surface area contributed by atoms with E-state index in [1.54, 1.807) is 0 Å². The lowest BCUT2D eigenvalue weighted by atomic mass is 9.98. The van der Waals surface area contributed by atoms with Gasteiger partial charge in [-0.1, -0.05) is 6.92 Å². The molecule has 0 radical (unpaired) electrons. The maximum absolute atomic E-state index is 3.27. The molecule has 0 aromatic rings. The van der Waals surface area contributed by atoms with Gasteiger partial charge in [-0.3, -0.25) is 0 Å². The lowest BCUT2D eigenvalue weighted by molar-refractivity contribution is 0.270. The first kappa shape index (κ1) is 14.9. The summed E-state index contributed by atoms with van der Waals surface area (Å²) in [6.45, 7) is 9.74. The molecule has 2 heterocycles. The van der Waals surface area contributed by atoms with Crippen molar-refractivity contribution in [3.8, 4) is 0 Å². The second-order valence-electron chi connectivity index (χ2n) is 5.75. The van der Waals surface area contributed by atoms with Crippen molar-refractivity contribution in [1.82, 2.24) is 15.1 Å². The molecule has 0 spiro atoms. The van der Waals surface area contributed by atoms with E-state index >= 15 is 0 Å². The van der Waals surface area contributed by atoms with Gasteiger partial charge in [0.2, 0.25) is 0 Å². The third-order valence-electron chi connectivity index (χ3n) is 3.81. The SMILES string of the molecule is CC1CCCN(C)CCC1.CN1CCNCC1. The summed E-state index contributed by atoms with van der Waals surface area (Å²) in [7, 11) is 4.39. The highest BCUT2D eigenvalue weighted by atomic mass is 15.2. The zero-order chi connectivity index (χ0) is 12.5. The Balaban J connectivity index is 0.000000181. The first-order valence-corrected chi connectivity index (χ1v) is 7.26. The lowest BCUT2D eigenvalue weighted by Crippen LogP contribution is -2.40. The third-order valence-corrected chi connectivity index (χ3v) is 3.81. The Labute approximate surface area is 108 Å². The predicted molar refractivity (Wildman–Crippen MR) is 75.5 cm³/mol. The molecule has 0 aliphatic carbocycles. The van der Waals surface area contributed by atoms with Crippen LogP contribution in [0.25, 0.3) is 0 Å². The number of nitrogens with zero attached hydrogens (tertiary/aromatic N) is 2. The van der Waals surface area contributed by atoms with E-state index in [1.165, 1.54) is 51.9 Å². The van der Waals surface area contributed by atoms with Gasteiger partial charge in [0.1, 0.15) is 0 Å². The van der Waals surface area contributed by atoms with Crippen molar-refractivity contribution < 1.29 is 0 Å². The second-order valence-corrected chi connectivity index (χ2v) is 5.75. The highest BCUT2D eigenvalue weighted by Gasteiger charge is 2.07. The standard InChI is InChI=1S/C9H19N.C5H12N2/c1-9-5-3-7-10(2)8-4-6-9;1-7-4-2-6-3-5-7/h9H,3-8H2,1-2H3;6H,2-5H2,1H3. The van der Waals surface area contributed by atoms with Crippen LogP contribution in [-0.2, 0) is 0 Å². The molecule has 2 rings (SSSR count). The number of likely N-dealkylation sites (N-methyl/N-ethyl adjacent to an activating group) is 1. The Kier molecular flexibility index (Phi) is 7.82. The smallest absolute Gasteiger partial charge is 0.0104 e. The fourth-order valence-electron chi connectivity index (χ4n) is 2.45. The average molecular weight is 241 g/mol. The zero-order valence-corrected chi connectivity index (χ0v) is 12.0. The van der Waals surface area contributed by atoms with Crippen LogP contribution in [0.4, 0.5) is 0 Å². The minimum Gasteiger partial charge on any atom is -0.314 e. The summed E-state index contributed by atoms with van der Waals surface area (Å²) in [6.07, 6.45) is 5.67. The van der Waals surface area contributed by atoms with E-state index < -0.39 is 0 Å². The molecule has 0 bridgehead atoms. The summed E-state index contributed by atoms with van der Waals surface area (Å²) < 4.78 is 0. The minimum absolute atomic E-state index is 0.980. The second kappa shape index (κ2) is 8.90. The lowest BCUT2D eigenvalue weighted by Gasteiger charge is -2.22. The van der Waals surface area contributed by atoms with E-state index in [0.717, 1.165) is 19.0 Å². The molecular formula is C14H31N3. The first-order chi connectivity index (χ1) is 8.18. The van der Waals surface area contributed by atoms with E-state index in [1.807, 2.05) is 0 Å². The Hall–Kier alpha value is -0.120. The van der Waals surface area contributed by atoms with Gasteiger partial charge in [0.05, 0.1) is 0 Å². The number of likely N-dealkylation sites (tertiary alicyclic amines) is 1. The molecule has 3 nitrogen and oxygen atoms in total. The van der Waals surface area contributed by atoms with Gasteiger partial charge in [0.25, 0.3) is 0 Å². The van der Waals surface area contributed by atoms with Crippen LogP contribution in [0.3, 0.4) is 0 Å². The van der Waals surface area contributed by atoms with Gasteiger partial charge in [0.15, 0.2) is 0 Å². The van der Waals surface area contributed by atoms with Gasteiger partial charge in [-0.25, -0.2) is 0 Å². The Morgan fingerprint density at radius 1 is 0.824 bits per heavy atom. The molecule has 0 aromatic carbocycles. The van der Waals surface area contributed by atoms with Crippen molar-refractivity contribution in [2.75, 3.05) is 53.4 Å². The van der Waals surface area contributed by atoms with Crippen LogP contribution in [0.1, 0.15) is 32.6 Å². The molecule has 0 atom stereocenters. The van der Waals surface area contributed by atoms with Crippen molar-refractivity contribution in [3.05, 3.63) is 0 Å². The Bertz CT molecular complexity index is 158. The quantitative estimate of drug-likeness (QED) is 0.696. The molecule has 1 N–H and O–H groups in total. The fourth-order valence-corrected chi connectivity index (χ4v) is 2.45. The number of piperazine rings is 1. The average Bonchev–Trinajstić information content (AvgIpc) is 2.28. The van der Waals surface area contributed by atoms with Crippen molar-refractivity contribution in [1.29, 1.82) is 0 Å². The molecule has 2 saturated heterocycles. The monoisotopic (exact) mass is 241 g/mol. The maximum atomic E-state index is 3.27. The molecule has 2 aliphatic rings. The van der Waals surface area contributed by atoms with Crippen molar-refractivity contribution in [2.24, 2.45) is 5.92 Å². The Morgan fingerprint density at radius 3 is 1.71 bits per heavy atom. The summed E-state index contributed by atoms with van der Waals surface area (Å²) in [5.41, 5.74) is 0. The zero-order valence-electron chi connectivity index (χ0n) is 12.0. The van der Waals surface area contributed by atoms with Crippen molar-refractivity contribution >= 4 is 0 Å². The van der Waals surface area contributed by atoms with E-state index in [4.69, 9.17) is 0 Å². The van der Waals surface area contributed by atoms with E-state index in [2.05, 4.69) is 36.1 Å². The van der Waals surface area contributed by atoms with Crippen LogP contribution in [0.5, 0.6) is 0 Å². The number of rotatable bonds is 0. The van der Waals surface area contributed by atoms with Crippen LogP contribution in [-0.4, -0.2) is 63.2 Å². The minimum atomic E-state index is 0.980. The molecule has 2 aliphatic heterocycles. The van der Waals surface area contributed by atoms with Gasteiger partial charge in [-0.05, 0) is 58.8 Å². The van der Waals surface area contributed by atoms with Crippen molar-refractivity contribution in [2.45, 2.75) is 32.6 Å². The molecule has 3 heteroatoms. The van der Waals surface area contributed by atoms with E-state index in [-0.39, 0.29) is 0 Å². The molecule has 2 fully saturated rings. The molecule has 102 valence electrons. The molecular weight excluding hydrogens is 210 g/mol. The summed E-state index contributed by atoms with van der Waals surface area (Å²) in [6, 6.07) is 0. The first-order valence-electron chi connectivity index (χ1n) is 7.26. The van der Waals surface area contributed by atoms with Crippen LogP contribution < -0.4 is 5.32 Å². The van der Waals surface area contributed by atoms with Crippen LogP contribution in [0.2, 0.25) is 0 Å². The summed E-state index contributed by atoms with van der Waals surface area (Å²) >= 11 is 0. The normalized spacial score (nSPS) is 25.6. The highest BCUT2D eigenvalue weighted by Crippen LogP contribution is 2.15. The molecule has 0 unspecified atom stereocenters. The van der Waals surface area contributed by atoms with Gasteiger partial charge in [0, 0.05) is 26.2 Å². The van der Waals surface area contributed by atoms with Crippen LogP contribution in [0.15, 0.2) is 0 Å². The summed E-state index contributed by atoms with van der Waals surface area (Å²) in [5.74, 6) is 0.980. The topological polar surface area (TPSA) is 18.5 Å². The largest absolute Gasteiger partial charge is 0.314 e. The van der Waals surface area contributed by atoms with Crippen LogP contribution in [0, 0.1) is 5.92 Å². The van der Waals surface area contributed by atoms with E-state index in [0.29, 0.717) is 0 Å². The van der Waals surface area contributed by atoms with Crippen molar-refractivity contribution in [3.63, 3.8) is 0 Å². The highest BCUT2D eigenvalue weighted by molar-refractivity contribution is 4.62. The molecule has 0 amide bonds. The number of nitrogens with one attached hydrogen (secondary N) is 1. The molecule has 0 aromatic heterocycles. The predicted octanol–water partition coefficient (Wildman–Crippen LogP) is 1.65. The maximum Gasteiger partial charge on any atom is 0.0104 e. The number of hydrogen-bond donors (Lipinski definition) is 1. The summed E-state index contributed by atoms with van der Waals surface area (Å²) in [4.78, 5) is 4.78. The Morgan fingerprint density at radius 2 is 1.29 bits per heavy atom. The van der Waals surface area contributed by atoms with Gasteiger partial charge >= 0.3 is 0 Å². The molecule has 17 heavy (non-hydrogen) atoms. The third kappa shape index (κ3) is 7.74. The van der Waals surface area contributed by atoms with Gasteiger partial charge < -0.3 is 15.1 Å². The fraction of sp³-hybridized carbons (Fsp3) is 1.00. The van der Waals surface area contributed by atoms with E-state index in [9.17, 15) is 0 Å². The molecule has 0 saturated carbocycles. The van der Waals surface area contributed by atoms with Gasteiger partial charge in [-0.15, -0.1) is 0 Å². The van der Waals surface area contributed by atoms with Crippen LogP contribution >= 0.6 is 0 Å². The number of hydrogen-bond acceptors (Lipinski definition) is 3. The summed E-state index contributed by atoms with van der Waals surface area (Å²) in [5, 5.41) is 3.27. The van der Waals surface area contributed by atoms with Gasteiger partial charge in [-0.2, -0.15) is 0 Å².